The lowest BCUT2D eigenvalue weighted by molar-refractivity contribution is -0.127. The van der Waals surface area contributed by atoms with E-state index < -0.39 is 0 Å². The summed E-state index contributed by atoms with van der Waals surface area (Å²) in [5, 5.41) is 2.88. The Bertz CT molecular complexity index is 213. The smallest absolute Gasteiger partial charge is 0.227 e. The highest BCUT2D eigenvalue weighted by Crippen LogP contribution is 2.24. The predicted molar refractivity (Wildman–Crippen MR) is 50.2 cm³/mol. The van der Waals surface area contributed by atoms with Gasteiger partial charge in [0, 0.05) is 6.04 Å². The first kappa shape index (κ1) is 10.2. The molecule has 0 radical (unpaired) electrons. The van der Waals surface area contributed by atoms with Gasteiger partial charge >= 0.3 is 0 Å². The molecule has 1 fully saturated rings. The largest absolute Gasteiger partial charge is 0.353 e. The minimum Gasteiger partial charge on any atom is -0.353 e. The second-order valence-corrected chi connectivity index (χ2v) is 4.06. The van der Waals surface area contributed by atoms with Crippen molar-refractivity contribution in [1.82, 2.24) is 5.32 Å². The van der Waals surface area contributed by atoms with Crippen molar-refractivity contribution in [2.45, 2.75) is 45.6 Å². The maximum atomic E-state index is 11.2. The van der Waals surface area contributed by atoms with Crippen LogP contribution in [0.15, 0.2) is 0 Å². The standard InChI is InChI=1S/C10H17NO2/c1-7-3-4-9(5-7)11-10(13)6-8(2)12/h7,9H,3-6H2,1-2H3,(H,11,13). The first-order chi connectivity index (χ1) is 6.08. The molecule has 0 aliphatic heterocycles. The van der Waals surface area contributed by atoms with Gasteiger partial charge in [-0.3, -0.25) is 9.59 Å². The quantitative estimate of drug-likeness (QED) is 0.670. The zero-order valence-corrected chi connectivity index (χ0v) is 8.30. The third-order valence-corrected chi connectivity index (χ3v) is 2.47. The lowest BCUT2D eigenvalue weighted by atomic mass is 10.1. The number of carbonyl (C=O) groups excluding carboxylic acids is 2. The second-order valence-electron chi connectivity index (χ2n) is 4.06. The molecule has 2 unspecified atom stereocenters. The van der Waals surface area contributed by atoms with E-state index in [1.807, 2.05) is 0 Å². The molecule has 0 bridgehead atoms. The summed E-state index contributed by atoms with van der Waals surface area (Å²) in [5.74, 6) is 0.526. The van der Waals surface area contributed by atoms with Crippen LogP contribution in [0.3, 0.4) is 0 Å². The predicted octanol–water partition coefficient (Wildman–Crippen LogP) is 1.27. The van der Waals surface area contributed by atoms with Crippen LogP contribution < -0.4 is 5.32 Å². The van der Waals surface area contributed by atoms with E-state index in [0.717, 1.165) is 12.8 Å². The van der Waals surface area contributed by atoms with Crippen molar-refractivity contribution >= 4 is 11.7 Å². The van der Waals surface area contributed by atoms with Gasteiger partial charge in [-0.15, -0.1) is 0 Å². The molecule has 1 rings (SSSR count). The van der Waals surface area contributed by atoms with Crippen LogP contribution in [-0.4, -0.2) is 17.7 Å². The highest BCUT2D eigenvalue weighted by Gasteiger charge is 2.22. The second kappa shape index (κ2) is 4.40. The molecule has 3 nitrogen and oxygen atoms in total. The molecule has 3 heteroatoms. The SMILES string of the molecule is CC(=O)CC(=O)NC1CCC(C)C1. The number of ketones is 1. The molecule has 1 aliphatic carbocycles. The van der Waals surface area contributed by atoms with Crippen LogP contribution in [0.2, 0.25) is 0 Å². The van der Waals surface area contributed by atoms with Gasteiger partial charge < -0.3 is 5.32 Å². The normalized spacial score (nSPS) is 27.2. The summed E-state index contributed by atoms with van der Waals surface area (Å²) >= 11 is 0. The van der Waals surface area contributed by atoms with E-state index in [4.69, 9.17) is 0 Å². The highest BCUT2D eigenvalue weighted by atomic mass is 16.2. The molecular weight excluding hydrogens is 166 g/mol. The van der Waals surface area contributed by atoms with Gasteiger partial charge in [-0.25, -0.2) is 0 Å². The number of carbonyl (C=O) groups is 2. The van der Waals surface area contributed by atoms with Crippen LogP contribution in [0, 0.1) is 5.92 Å². The summed E-state index contributed by atoms with van der Waals surface area (Å²) in [6.45, 7) is 3.63. The number of hydrogen-bond acceptors (Lipinski definition) is 2. The molecular formula is C10H17NO2. The molecule has 13 heavy (non-hydrogen) atoms. The van der Waals surface area contributed by atoms with Crippen molar-refractivity contribution < 1.29 is 9.59 Å². The molecule has 0 spiro atoms. The van der Waals surface area contributed by atoms with Crippen molar-refractivity contribution in [2.75, 3.05) is 0 Å². The topological polar surface area (TPSA) is 46.2 Å². The van der Waals surface area contributed by atoms with E-state index in [-0.39, 0.29) is 18.1 Å². The van der Waals surface area contributed by atoms with Crippen molar-refractivity contribution in [3.05, 3.63) is 0 Å². The fourth-order valence-corrected chi connectivity index (χ4v) is 1.84. The fraction of sp³-hybridized carbons (Fsp3) is 0.800. The van der Waals surface area contributed by atoms with Crippen molar-refractivity contribution in [3.63, 3.8) is 0 Å². The molecule has 1 saturated carbocycles. The average molecular weight is 183 g/mol. The van der Waals surface area contributed by atoms with E-state index in [1.165, 1.54) is 13.3 Å². The molecule has 0 aromatic carbocycles. The third-order valence-electron chi connectivity index (χ3n) is 2.47. The zero-order valence-electron chi connectivity index (χ0n) is 8.30. The van der Waals surface area contributed by atoms with Crippen molar-refractivity contribution in [2.24, 2.45) is 5.92 Å². The number of rotatable bonds is 3. The summed E-state index contributed by atoms with van der Waals surface area (Å²) in [6.07, 6.45) is 3.34. The maximum Gasteiger partial charge on any atom is 0.227 e. The van der Waals surface area contributed by atoms with E-state index in [1.54, 1.807) is 0 Å². The number of hydrogen-bond donors (Lipinski definition) is 1. The van der Waals surface area contributed by atoms with Gasteiger partial charge in [0.1, 0.15) is 5.78 Å². The van der Waals surface area contributed by atoms with Gasteiger partial charge in [-0.05, 0) is 32.1 Å². The molecule has 0 aromatic rings. The Morgan fingerprint density at radius 3 is 2.54 bits per heavy atom. The van der Waals surface area contributed by atoms with Crippen LogP contribution in [0.5, 0.6) is 0 Å². The Labute approximate surface area is 78.9 Å². The van der Waals surface area contributed by atoms with Crippen LogP contribution in [0.4, 0.5) is 0 Å². The first-order valence-electron chi connectivity index (χ1n) is 4.86. The lowest BCUT2D eigenvalue weighted by Gasteiger charge is -2.11. The summed E-state index contributed by atoms with van der Waals surface area (Å²) in [5.41, 5.74) is 0. The molecule has 1 aliphatic rings. The van der Waals surface area contributed by atoms with Gasteiger partial charge in [-0.2, -0.15) is 0 Å². The van der Waals surface area contributed by atoms with E-state index in [0.29, 0.717) is 12.0 Å². The third kappa shape index (κ3) is 3.57. The highest BCUT2D eigenvalue weighted by molar-refractivity contribution is 5.96. The average Bonchev–Trinajstić information content (AvgIpc) is 2.33. The molecule has 1 amide bonds. The van der Waals surface area contributed by atoms with E-state index in [2.05, 4.69) is 12.2 Å². The Morgan fingerprint density at radius 1 is 1.38 bits per heavy atom. The van der Waals surface area contributed by atoms with Crippen LogP contribution >= 0.6 is 0 Å². The summed E-state index contributed by atoms with van der Waals surface area (Å²) < 4.78 is 0. The van der Waals surface area contributed by atoms with Gasteiger partial charge in [0.05, 0.1) is 6.42 Å². The Balaban J connectivity index is 2.24. The lowest BCUT2D eigenvalue weighted by Crippen LogP contribution is -2.33. The van der Waals surface area contributed by atoms with Crippen molar-refractivity contribution in [3.8, 4) is 0 Å². The molecule has 1 N–H and O–H groups in total. The number of nitrogens with one attached hydrogen (secondary N) is 1. The van der Waals surface area contributed by atoms with Gasteiger partial charge in [0.2, 0.25) is 5.91 Å². The zero-order chi connectivity index (χ0) is 9.84. The minimum atomic E-state index is -0.119. The summed E-state index contributed by atoms with van der Waals surface area (Å²) in [4.78, 5) is 21.8. The Kier molecular flexibility index (Phi) is 3.46. The molecule has 0 saturated heterocycles. The molecule has 2 atom stereocenters. The Hall–Kier alpha value is -0.860. The number of amides is 1. The van der Waals surface area contributed by atoms with Crippen LogP contribution in [0.1, 0.15) is 39.5 Å². The van der Waals surface area contributed by atoms with Gasteiger partial charge in [0.15, 0.2) is 0 Å². The van der Waals surface area contributed by atoms with E-state index in [9.17, 15) is 9.59 Å². The summed E-state index contributed by atoms with van der Waals surface area (Å²) in [7, 11) is 0. The van der Waals surface area contributed by atoms with Gasteiger partial charge in [-0.1, -0.05) is 6.92 Å². The molecule has 74 valence electrons. The fourth-order valence-electron chi connectivity index (χ4n) is 1.84. The number of Topliss-reactive ketones (excluding diaryl/α,β-unsaturated/α-hetero) is 1. The maximum absolute atomic E-state index is 11.2. The van der Waals surface area contributed by atoms with Gasteiger partial charge in [0.25, 0.3) is 0 Å². The molecule has 0 aromatic heterocycles. The van der Waals surface area contributed by atoms with E-state index >= 15 is 0 Å². The first-order valence-corrected chi connectivity index (χ1v) is 4.86. The molecule has 0 heterocycles. The minimum absolute atomic E-state index is 0.0326. The van der Waals surface area contributed by atoms with Crippen LogP contribution in [0.25, 0.3) is 0 Å². The monoisotopic (exact) mass is 183 g/mol. The Morgan fingerprint density at radius 2 is 2.08 bits per heavy atom. The van der Waals surface area contributed by atoms with Crippen LogP contribution in [-0.2, 0) is 9.59 Å². The summed E-state index contributed by atoms with van der Waals surface area (Å²) in [6, 6.07) is 0.307. The van der Waals surface area contributed by atoms with Crippen molar-refractivity contribution in [1.29, 1.82) is 0 Å².